The summed E-state index contributed by atoms with van der Waals surface area (Å²) in [5, 5.41) is 14.0. The average Bonchev–Trinajstić information content (AvgIpc) is 2.61. The molecule has 0 aliphatic heterocycles. The zero-order valence-corrected chi connectivity index (χ0v) is 16.6. The first-order valence-electron chi connectivity index (χ1n) is 7.89. The first-order chi connectivity index (χ1) is 12.7. The smallest absolute Gasteiger partial charge is 0.417 e. The van der Waals surface area contributed by atoms with Gasteiger partial charge >= 0.3 is 6.18 Å². The van der Waals surface area contributed by atoms with Crippen molar-refractivity contribution < 1.29 is 28.9 Å². The zero-order valence-electron chi connectivity index (χ0n) is 15.0. The highest BCUT2D eigenvalue weighted by molar-refractivity contribution is 7.99. The van der Waals surface area contributed by atoms with Gasteiger partial charge in [-0.2, -0.15) is 13.2 Å². The molecular formula is C17H19ClF3N3O3S. The second-order valence-corrected chi connectivity index (χ2v) is 7.21. The molecule has 1 heterocycles. The lowest BCUT2D eigenvalue weighted by molar-refractivity contribution is -0.497. The van der Waals surface area contributed by atoms with Crippen LogP contribution in [0.3, 0.4) is 0 Å². The van der Waals surface area contributed by atoms with E-state index in [1.54, 1.807) is 0 Å². The first-order valence-corrected chi connectivity index (χ1v) is 9.26. The number of nitrogens with zero attached hydrogens (tertiary/aromatic N) is 1. The van der Waals surface area contributed by atoms with Gasteiger partial charge in [-0.15, -0.1) is 11.8 Å². The van der Waals surface area contributed by atoms with Crippen LogP contribution < -0.4 is 10.8 Å². The van der Waals surface area contributed by atoms with Gasteiger partial charge in [0.15, 0.2) is 5.78 Å². The molecule has 0 aliphatic rings. The molecule has 0 amide bonds. The Kier molecular flexibility index (Phi) is 8.71. The summed E-state index contributed by atoms with van der Waals surface area (Å²) in [6.45, 7) is 1.89. The molecule has 0 saturated heterocycles. The summed E-state index contributed by atoms with van der Waals surface area (Å²) in [6, 6.07) is 3.80. The van der Waals surface area contributed by atoms with Gasteiger partial charge in [-0.3, -0.25) is 4.79 Å². The van der Waals surface area contributed by atoms with E-state index >= 15 is 0 Å². The number of carbonyl (C=O) groups excluding carboxylic acids is 1. The molecule has 2 rings (SSSR count). The lowest BCUT2D eigenvalue weighted by atomic mass is 10.0. The number of benzene rings is 1. The fraction of sp³-hybridized carbons (Fsp3) is 0.294. The number of halogens is 4. The number of rotatable bonds is 7. The fourth-order valence-electron chi connectivity index (χ4n) is 2.45. The Morgan fingerprint density at radius 2 is 2.04 bits per heavy atom. The van der Waals surface area contributed by atoms with E-state index in [-0.39, 0.29) is 39.6 Å². The van der Waals surface area contributed by atoms with Crippen LogP contribution in [-0.4, -0.2) is 29.0 Å². The average molecular weight is 438 g/mol. The van der Waals surface area contributed by atoms with Crippen LogP contribution in [-0.2, 0) is 12.6 Å². The Hall–Kier alpha value is -1.85. The topological polar surface area (TPSA) is 113 Å². The Bertz CT molecular complexity index is 850. The molecule has 28 heavy (non-hydrogen) atoms. The van der Waals surface area contributed by atoms with E-state index in [1.165, 1.54) is 30.9 Å². The minimum absolute atomic E-state index is 0. The van der Waals surface area contributed by atoms with Crippen molar-refractivity contribution in [2.24, 2.45) is 0 Å². The second kappa shape index (κ2) is 10.1. The third-order valence-electron chi connectivity index (χ3n) is 3.71. The maximum atomic E-state index is 13.0. The van der Waals surface area contributed by atoms with Gasteiger partial charge in [0, 0.05) is 41.8 Å². The first kappa shape index (κ1) is 24.2. The molecule has 0 radical (unpaired) electrons. The van der Waals surface area contributed by atoms with Crippen LogP contribution in [0.5, 0.6) is 0 Å². The van der Waals surface area contributed by atoms with Crippen LogP contribution in [0.25, 0.3) is 0 Å². The maximum absolute atomic E-state index is 13.0. The summed E-state index contributed by atoms with van der Waals surface area (Å²) in [6.07, 6.45) is -4.15. The Labute approximate surface area is 168 Å². The number of thioether (sulfide) groups is 1. The SMILES string of the molecule is CCSc1cc(Cl)c([NH2+][O-])cc1C(=O)Cc1cc(C(F)(F)F)cnc1NC.O. The van der Waals surface area contributed by atoms with E-state index in [0.29, 0.717) is 22.3 Å². The van der Waals surface area contributed by atoms with Gasteiger partial charge in [-0.25, -0.2) is 4.98 Å². The van der Waals surface area contributed by atoms with E-state index in [2.05, 4.69) is 10.3 Å². The molecule has 2 aromatic rings. The number of alkyl halides is 3. The number of Topliss-reactive ketones (excluding diaryl/α,β-unsaturated/α-hetero) is 1. The lowest BCUT2D eigenvalue weighted by Gasteiger charge is -2.14. The molecule has 11 heteroatoms. The van der Waals surface area contributed by atoms with Gasteiger partial charge < -0.3 is 21.5 Å². The molecule has 1 aromatic carbocycles. The van der Waals surface area contributed by atoms with E-state index in [9.17, 15) is 23.2 Å². The summed E-state index contributed by atoms with van der Waals surface area (Å²) in [5.74, 6) is 0.415. The summed E-state index contributed by atoms with van der Waals surface area (Å²) in [7, 11) is 1.51. The third kappa shape index (κ3) is 5.58. The minimum atomic E-state index is -4.56. The number of hydrogen-bond acceptors (Lipinski definition) is 5. The van der Waals surface area contributed by atoms with Gasteiger partial charge in [0.25, 0.3) is 0 Å². The van der Waals surface area contributed by atoms with Crippen molar-refractivity contribution in [3.8, 4) is 0 Å². The number of nitrogens with one attached hydrogen (secondary N) is 1. The van der Waals surface area contributed by atoms with Gasteiger partial charge in [-0.1, -0.05) is 18.5 Å². The molecule has 0 atom stereocenters. The van der Waals surface area contributed by atoms with Gasteiger partial charge in [0.2, 0.25) is 0 Å². The molecular weight excluding hydrogens is 419 g/mol. The standard InChI is InChI=1S/C17H17ClF3N3O2S.H2O/c1-3-27-15-7-12(18)13(24-26)6-11(15)14(25)5-9-4-10(17(19,20)21)8-23-16(9)22-2;/h4,6-8H,3,5,24H2,1-2H3,(H,22,23);1H2. The quantitative estimate of drug-likeness (QED) is 0.299. The molecule has 1 aromatic heterocycles. The van der Waals surface area contributed by atoms with Gasteiger partial charge in [-0.05, 0) is 17.9 Å². The second-order valence-electron chi connectivity index (χ2n) is 5.50. The highest BCUT2D eigenvalue weighted by Gasteiger charge is 2.32. The van der Waals surface area contributed by atoms with Crippen molar-refractivity contribution in [3.05, 3.63) is 51.3 Å². The minimum Gasteiger partial charge on any atom is -0.630 e. The van der Waals surface area contributed by atoms with E-state index in [0.717, 1.165) is 6.07 Å². The molecule has 0 saturated carbocycles. The fourth-order valence-corrected chi connectivity index (χ4v) is 3.56. The lowest BCUT2D eigenvalue weighted by Crippen LogP contribution is -2.70. The monoisotopic (exact) mass is 437 g/mol. The van der Waals surface area contributed by atoms with Crippen LogP contribution in [0.4, 0.5) is 24.7 Å². The van der Waals surface area contributed by atoms with E-state index in [4.69, 9.17) is 11.6 Å². The summed E-state index contributed by atoms with van der Waals surface area (Å²) in [5.41, 5.74) is 0.110. The molecule has 0 fully saturated rings. The predicted molar refractivity (Wildman–Crippen MR) is 103 cm³/mol. The van der Waals surface area contributed by atoms with Crippen LogP contribution in [0, 0.1) is 5.21 Å². The highest BCUT2D eigenvalue weighted by Crippen LogP contribution is 2.33. The Balaban J connectivity index is 0.00000392. The van der Waals surface area contributed by atoms with Gasteiger partial charge in [0.1, 0.15) is 16.5 Å². The number of hydrogen-bond donors (Lipinski definition) is 2. The molecule has 5 N–H and O–H groups in total. The largest absolute Gasteiger partial charge is 0.630 e. The van der Waals surface area contributed by atoms with Crippen LogP contribution >= 0.6 is 23.4 Å². The maximum Gasteiger partial charge on any atom is 0.417 e. The third-order valence-corrected chi connectivity index (χ3v) is 4.97. The Morgan fingerprint density at radius 1 is 1.36 bits per heavy atom. The van der Waals surface area contributed by atoms with Crippen LogP contribution in [0.15, 0.2) is 29.3 Å². The van der Waals surface area contributed by atoms with Crippen molar-refractivity contribution in [2.45, 2.75) is 24.4 Å². The number of nitrogens with two attached hydrogens (primary N) is 1. The van der Waals surface area contributed by atoms with E-state index < -0.39 is 17.5 Å². The van der Waals surface area contributed by atoms with Gasteiger partial charge in [0.05, 0.1) is 5.56 Å². The predicted octanol–water partition coefficient (Wildman–Crippen LogP) is 3.20. The summed E-state index contributed by atoms with van der Waals surface area (Å²) >= 11 is 7.38. The number of pyridine rings is 1. The molecule has 6 nitrogen and oxygen atoms in total. The molecule has 0 spiro atoms. The summed E-state index contributed by atoms with van der Waals surface area (Å²) < 4.78 is 38.9. The zero-order chi connectivity index (χ0) is 20.2. The number of ketones is 1. The van der Waals surface area contributed by atoms with Crippen LogP contribution in [0.2, 0.25) is 5.02 Å². The number of anilines is 1. The molecule has 0 bridgehead atoms. The molecule has 0 unspecified atom stereocenters. The normalized spacial score (nSPS) is 11.1. The molecule has 154 valence electrons. The highest BCUT2D eigenvalue weighted by atomic mass is 35.5. The van der Waals surface area contributed by atoms with Crippen LogP contribution in [0.1, 0.15) is 28.4 Å². The van der Waals surface area contributed by atoms with Crippen molar-refractivity contribution in [1.82, 2.24) is 4.98 Å². The Morgan fingerprint density at radius 3 is 2.57 bits per heavy atom. The number of quaternary nitrogens is 1. The van der Waals surface area contributed by atoms with Crippen molar-refractivity contribution in [3.63, 3.8) is 0 Å². The molecule has 0 aliphatic carbocycles. The van der Waals surface area contributed by atoms with E-state index in [1.807, 2.05) is 6.92 Å². The number of carbonyl (C=O) groups is 1. The number of aromatic nitrogens is 1. The summed E-state index contributed by atoms with van der Waals surface area (Å²) in [4.78, 5) is 17.1. The van der Waals surface area contributed by atoms with Crippen molar-refractivity contribution in [1.29, 1.82) is 0 Å². The van der Waals surface area contributed by atoms with Crippen molar-refractivity contribution in [2.75, 3.05) is 18.1 Å². The van der Waals surface area contributed by atoms with Crippen molar-refractivity contribution >= 4 is 40.7 Å².